The van der Waals surface area contributed by atoms with Crippen molar-refractivity contribution >= 4 is 5.91 Å². The van der Waals surface area contributed by atoms with Crippen LogP contribution >= 0.6 is 0 Å². The zero-order chi connectivity index (χ0) is 11.4. The van der Waals surface area contributed by atoms with Gasteiger partial charge in [-0.05, 0) is 12.8 Å². The van der Waals surface area contributed by atoms with Crippen LogP contribution in [-0.4, -0.2) is 25.2 Å². The van der Waals surface area contributed by atoms with E-state index in [1.54, 1.807) is 0 Å². The quantitative estimate of drug-likeness (QED) is 0.718. The highest BCUT2D eigenvalue weighted by Gasteiger charge is 2.47. The summed E-state index contributed by atoms with van der Waals surface area (Å²) in [6, 6.07) is 2.35. The molecule has 0 aromatic rings. The predicted octanol–water partition coefficient (Wildman–Crippen LogP) is 1.37. The average Bonchev–Trinajstić information content (AvgIpc) is 2.45. The lowest BCUT2D eigenvalue weighted by Gasteiger charge is -2.34. The Bertz CT molecular complexity index is 297. The molecule has 0 spiro atoms. The fourth-order valence-corrected chi connectivity index (χ4v) is 2.30. The maximum absolute atomic E-state index is 11.9. The Morgan fingerprint density at radius 2 is 1.88 bits per heavy atom. The molecule has 0 radical (unpaired) electrons. The maximum atomic E-state index is 11.9. The van der Waals surface area contributed by atoms with E-state index in [1.165, 1.54) is 25.7 Å². The molecular weight excluding hydrogens is 204 g/mol. The topological polar surface area (TPSA) is 62.1 Å². The fourth-order valence-electron chi connectivity index (χ4n) is 2.30. The Labute approximate surface area is 96.0 Å². The first kappa shape index (κ1) is 11.4. The van der Waals surface area contributed by atoms with Gasteiger partial charge in [-0.15, -0.1) is 0 Å². The maximum Gasteiger partial charge on any atom is 0.245 e. The number of hydrogen-bond donors (Lipinski definition) is 1. The van der Waals surface area contributed by atoms with Crippen molar-refractivity contribution in [3.8, 4) is 6.07 Å². The molecule has 1 aliphatic carbocycles. The Morgan fingerprint density at radius 3 is 2.31 bits per heavy atom. The number of hydrogen-bond acceptors (Lipinski definition) is 3. The Balaban J connectivity index is 1.88. The summed E-state index contributed by atoms with van der Waals surface area (Å²) in [5.41, 5.74) is -0.897. The molecule has 0 aromatic carbocycles. The van der Waals surface area contributed by atoms with E-state index in [9.17, 15) is 4.79 Å². The number of nitrogens with zero attached hydrogens (tertiary/aromatic N) is 1. The molecule has 1 aliphatic heterocycles. The van der Waals surface area contributed by atoms with Gasteiger partial charge in [0.2, 0.25) is 5.91 Å². The number of nitrogens with one attached hydrogen (secondary N) is 1. The van der Waals surface area contributed by atoms with Crippen LogP contribution in [0.2, 0.25) is 0 Å². The SMILES string of the molecule is N#CC1(C(=O)NC2CCCCCC2)COC1. The summed E-state index contributed by atoms with van der Waals surface area (Å²) >= 11 is 0. The van der Waals surface area contributed by atoms with Crippen LogP contribution in [0.5, 0.6) is 0 Å². The van der Waals surface area contributed by atoms with Crippen molar-refractivity contribution in [3.05, 3.63) is 0 Å². The lowest BCUT2D eigenvalue weighted by molar-refractivity contribution is -0.150. The highest BCUT2D eigenvalue weighted by Crippen LogP contribution is 2.27. The monoisotopic (exact) mass is 222 g/mol. The van der Waals surface area contributed by atoms with Gasteiger partial charge in [-0.3, -0.25) is 4.79 Å². The zero-order valence-corrected chi connectivity index (χ0v) is 9.50. The highest BCUT2D eigenvalue weighted by atomic mass is 16.5. The first-order valence-corrected chi connectivity index (χ1v) is 6.07. The molecule has 0 aromatic heterocycles. The second kappa shape index (κ2) is 4.84. The van der Waals surface area contributed by atoms with Gasteiger partial charge < -0.3 is 10.1 Å². The minimum Gasteiger partial charge on any atom is -0.377 e. The van der Waals surface area contributed by atoms with Crippen molar-refractivity contribution in [2.24, 2.45) is 5.41 Å². The molecule has 1 N–H and O–H groups in total. The number of carbonyl (C=O) groups is 1. The van der Waals surface area contributed by atoms with Gasteiger partial charge in [-0.2, -0.15) is 5.26 Å². The van der Waals surface area contributed by atoms with E-state index in [2.05, 4.69) is 11.4 Å². The molecule has 1 heterocycles. The summed E-state index contributed by atoms with van der Waals surface area (Å²) in [6.07, 6.45) is 6.99. The zero-order valence-electron chi connectivity index (χ0n) is 9.50. The van der Waals surface area contributed by atoms with Crippen molar-refractivity contribution in [1.29, 1.82) is 5.26 Å². The summed E-state index contributed by atoms with van der Waals surface area (Å²) in [5, 5.41) is 12.0. The minimum atomic E-state index is -0.897. The van der Waals surface area contributed by atoms with Crippen LogP contribution in [0.1, 0.15) is 38.5 Å². The van der Waals surface area contributed by atoms with Crippen LogP contribution in [0.4, 0.5) is 0 Å². The van der Waals surface area contributed by atoms with Gasteiger partial charge in [0.25, 0.3) is 0 Å². The van der Waals surface area contributed by atoms with Crippen molar-refractivity contribution in [3.63, 3.8) is 0 Å². The van der Waals surface area contributed by atoms with E-state index >= 15 is 0 Å². The van der Waals surface area contributed by atoms with Crippen molar-refractivity contribution in [1.82, 2.24) is 5.32 Å². The van der Waals surface area contributed by atoms with E-state index in [0.717, 1.165) is 12.8 Å². The first-order chi connectivity index (χ1) is 7.77. The van der Waals surface area contributed by atoms with Crippen LogP contribution in [0.3, 0.4) is 0 Å². The lowest BCUT2D eigenvalue weighted by Crippen LogP contribution is -2.55. The third-order valence-corrected chi connectivity index (χ3v) is 3.54. The molecule has 1 saturated heterocycles. The average molecular weight is 222 g/mol. The Hall–Kier alpha value is -1.08. The number of nitriles is 1. The van der Waals surface area contributed by atoms with Crippen molar-refractivity contribution < 1.29 is 9.53 Å². The van der Waals surface area contributed by atoms with Crippen LogP contribution in [0.15, 0.2) is 0 Å². The molecule has 1 saturated carbocycles. The smallest absolute Gasteiger partial charge is 0.245 e. The second-order valence-corrected chi connectivity index (χ2v) is 4.85. The van der Waals surface area contributed by atoms with Crippen LogP contribution in [-0.2, 0) is 9.53 Å². The lowest BCUT2D eigenvalue weighted by atomic mass is 9.86. The van der Waals surface area contributed by atoms with E-state index in [4.69, 9.17) is 10.00 Å². The summed E-state index contributed by atoms with van der Waals surface area (Å²) < 4.78 is 4.98. The van der Waals surface area contributed by atoms with Gasteiger partial charge >= 0.3 is 0 Å². The Morgan fingerprint density at radius 1 is 1.25 bits per heavy atom. The summed E-state index contributed by atoms with van der Waals surface area (Å²) in [4.78, 5) is 11.9. The van der Waals surface area contributed by atoms with Gasteiger partial charge in [-0.1, -0.05) is 25.7 Å². The van der Waals surface area contributed by atoms with Gasteiger partial charge in [0.1, 0.15) is 0 Å². The number of ether oxygens (including phenoxy) is 1. The van der Waals surface area contributed by atoms with Gasteiger partial charge in [0.15, 0.2) is 5.41 Å². The second-order valence-electron chi connectivity index (χ2n) is 4.85. The number of carbonyl (C=O) groups excluding carboxylic acids is 1. The van der Waals surface area contributed by atoms with Crippen LogP contribution < -0.4 is 5.32 Å². The summed E-state index contributed by atoms with van der Waals surface area (Å²) in [7, 11) is 0. The predicted molar refractivity (Wildman–Crippen MR) is 58.5 cm³/mol. The van der Waals surface area contributed by atoms with E-state index in [-0.39, 0.29) is 25.2 Å². The molecule has 16 heavy (non-hydrogen) atoms. The molecular formula is C12H18N2O2. The van der Waals surface area contributed by atoms with Gasteiger partial charge in [0.05, 0.1) is 19.3 Å². The van der Waals surface area contributed by atoms with E-state index in [1.807, 2.05) is 0 Å². The molecule has 0 atom stereocenters. The third-order valence-electron chi connectivity index (χ3n) is 3.54. The fraction of sp³-hybridized carbons (Fsp3) is 0.833. The molecule has 4 nitrogen and oxygen atoms in total. The molecule has 4 heteroatoms. The van der Waals surface area contributed by atoms with Gasteiger partial charge in [-0.25, -0.2) is 0 Å². The van der Waals surface area contributed by atoms with Crippen LogP contribution in [0, 0.1) is 16.7 Å². The standard InChI is InChI=1S/C12H18N2O2/c13-7-12(8-16-9-12)11(15)14-10-5-3-1-2-4-6-10/h10H,1-6,8-9H2,(H,14,15). The summed E-state index contributed by atoms with van der Waals surface area (Å²) in [6.45, 7) is 0.504. The van der Waals surface area contributed by atoms with Gasteiger partial charge in [0, 0.05) is 6.04 Å². The molecule has 0 unspecified atom stereocenters. The summed E-state index contributed by atoms with van der Waals surface area (Å²) in [5.74, 6) is -0.131. The number of rotatable bonds is 2. The van der Waals surface area contributed by atoms with Crippen molar-refractivity contribution in [2.75, 3.05) is 13.2 Å². The largest absolute Gasteiger partial charge is 0.377 e. The van der Waals surface area contributed by atoms with E-state index < -0.39 is 5.41 Å². The normalized spacial score (nSPS) is 24.9. The third kappa shape index (κ3) is 2.19. The van der Waals surface area contributed by atoms with Crippen molar-refractivity contribution in [2.45, 2.75) is 44.6 Å². The van der Waals surface area contributed by atoms with E-state index in [0.29, 0.717) is 0 Å². The minimum absolute atomic E-state index is 0.131. The molecule has 0 bridgehead atoms. The molecule has 2 rings (SSSR count). The van der Waals surface area contributed by atoms with Crippen LogP contribution in [0.25, 0.3) is 0 Å². The molecule has 2 fully saturated rings. The molecule has 88 valence electrons. The number of amides is 1. The molecule has 2 aliphatic rings. The first-order valence-electron chi connectivity index (χ1n) is 6.07. The molecule has 1 amide bonds. The highest BCUT2D eigenvalue weighted by molar-refractivity contribution is 5.86. The Kier molecular flexibility index (Phi) is 3.45.